The van der Waals surface area contributed by atoms with Crippen LogP contribution < -0.4 is 0 Å². The Morgan fingerprint density at radius 3 is 2.32 bits per heavy atom. The van der Waals surface area contributed by atoms with Crippen molar-refractivity contribution in [3.05, 3.63) is 94.6 Å². The van der Waals surface area contributed by atoms with Gasteiger partial charge in [-0.25, -0.2) is 0 Å². The van der Waals surface area contributed by atoms with Crippen LogP contribution in [-0.2, 0) is 6.54 Å². The minimum atomic E-state index is -0.162. The Bertz CT molecular complexity index is 1540. The van der Waals surface area contributed by atoms with Crippen molar-refractivity contribution < 1.29 is 4.79 Å². The van der Waals surface area contributed by atoms with E-state index in [1.54, 1.807) is 24.3 Å². The number of hydrogen-bond donors (Lipinski definition) is 0. The van der Waals surface area contributed by atoms with Gasteiger partial charge in [0.1, 0.15) is 17.7 Å². The zero-order chi connectivity index (χ0) is 21.5. The number of carbonyl (C=O) groups excluding carboxylic acids is 1. The van der Waals surface area contributed by atoms with Crippen LogP contribution in [0.3, 0.4) is 0 Å². The van der Waals surface area contributed by atoms with Gasteiger partial charge in [-0.15, -0.1) is 0 Å². The number of aromatic nitrogens is 1. The van der Waals surface area contributed by atoms with E-state index in [2.05, 4.69) is 35.8 Å². The molecule has 0 saturated heterocycles. The van der Waals surface area contributed by atoms with E-state index >= 15 is 0 Å². The largest absolute Gasteiger partial charge is 0.341 e. The number of rotatable bonds is 2. The van der Waals surface area contributed by atoms with Gasteiger partial charge in [-0.05, 0) is 42.3 Å². The summed E-state index contributed by atoms with van der Waals surface area (Å²) in [7, 11) is 0. The minimum Gasteiger partial charge on any atom is -0.341 e. The third-order valence-electron chi connectivity index (χ3n) is 5.85. The maximum Gasteiger partial charge on any atom is 0.194 e. The number of allylic oxidation sites excluding steroid dienone is 3. The molecule has 4 nitrogen and oxygen atoms in total. The average Bonchev–Trinajstić information content (AvgIpc) is 3.27. The Hall–Kier alpha value is -4.41. The lowest BCUT2D eigenvalue weighted by Gasteiger charge is -2.04. The molecule has 0 aliphatic heterocycles. The number of Topliss-reactive ketones (excluding diaryl/α,β-unsaturated/α-hetero) is 1. The summed E-state index contributed by atoms with van der Waals surface area (Å²) in [5.41, 5.74) is 5.09. The second kappa shape index (κ2) is 7.13. The quantitative estimate of drug-likeness (QED) is 0.311. The number of para-hydroxylation sites is 1. The molecule has 0 spiro atoms. The van der Waals surface area contributed by atoms with Crippen LogP contribution >= 0.6 is 0 Å². The van der Waals surface area contributed by atoms with E-state index in [9.17, 15) is 15.3 Å². The summed E-state index contributed by atoms with van der Waals surface area (Å²) in [6.07, 6.45) is 1.80. The van der Waals surface area contributed by atoms with Crippen LogP contribution in [0.5, 0.6) is 0 Å². The Labute approximate surface area is 179 Å². The van der Waals surface area contributed by atoms with Crippen LogP contribution in [-0.4, -0.2) is 10.4 Å². The van der Waals surface area contributed by atoms with Crippen LogP contribution in [0.15, 0.2) is 77.9 Å². The molecule has 0 radical (unpaired) electrons. The molecule has 0 atom stereocenters. The highest BCUT2D eigenvalue weighted by atomic mass is 16.1. The molecule has 31 heavy (non-hydrogen) atoms. The lowest BCUT2D eigenvalue weighted by molar-refractivity contribution is 0.104. The number of aryl methyl sites for hydroxylation is 1. The molecule has 1 aliphatic carbocycles. The van der Waals surface area contributed by atoms with Crippen LogP contribution in [0.1, 0.15) is 28.4 Å². The molecule has 0 unspecified atom stereocenters. The molecule has 1 aliphatic rings. The summed E-state index contributed by atoms with van der Waals surface area (Å²) in [5.74, 6) is -0.162. The second-order valence-electron chi connectivity index (χ2n) is 7.44. The summed E-state index contributed by atoms with van der Waals surface area (Å²) < 4.78 is 2.27. The van der Waals surface area contributed by atoms with E-state index in [0.717, 1.165) is 28.4 Å². The van der Waals surface area contributed by atoms with Crippen molar-refractivity contribution >= 4 is 39.2 Å². The molecule has 0 fully saturated rings. The maximum absolute atomic E-state index is 13.1. The molecule has 0 saturated carbocycles. The van der Waals surface area contributed by atoms with Gasteiger partial charge in [0, 0.05) is 45.1 Å². The second-order valence-corrected chi connectivity index (χ2v) is 7.44. The lowest BCUT2D eigenvalue weighted by Crippen LogP contribution is -1.96. The molecule has 3 aromatic carbocycles. The first kappa shape index (κ1) is 18.6. The summed E-state index contributed by atoms with van der Waals surface area (Å²) in [6, 6.07) is 25.4. The normalized spacial score (nSPS) is 14.1. The summed E-state index contributed by atoms with van der Waals surface area (Å²) in [5, 5.41) is 21.3. The molecular weight excluding hydrogens is 382 g/mol. The predicted octanol–water partition coefficient (Wildman–Crippen LogP) is 5.90. The van der Waals surface area contributed by atoms with Gasteiger partial charge in [-0.3, -0.25) is 4.79 Å². The van der Waals surface area contributed by atoms with E-state index in [-0.39, 0.29) is 11.4 Å². The third kappa shape index (κ3) is 2.70. The Morgan fingerprint density at radius 1 is 0.903 bits per heavy atom. The van der Waals surface area contributed by atoms with E-state index < -0.39 is 0 Å². The first-order valence-electron chi connectivity index (χ1n) is 10.1. The number of hydrogen-bond acceptors (Lipinski definition) is 3. The molecule has 4 aromatic rings. The number of ketones is 1. The Balaban J connectivity index is 1.76. The zero-order valence-electron chi connectivity index (χ0n) is 16.9. The van der Waals surface area contributed by atoms with Gasteiger partial charge >= 0.3 is 0 Å². The first-order chi connectivity index (χ1) is 15.2. The number of nitrogens with zero attached hydrogens (tertiary/aromatic N) is 3. The van der Waals surface area contributed by atoms with Gasteiger partial charge in [0.05, 0.1) is 0 Å². The molecule has 0 N–H and O–H groups in total. The summed E-state index contributed by atoms with van der Waals surface area (Å²) >= 11 is 0. The van der Waals surface area contributed by atoms with Gasteiger partial charge in [0.15, 0.2) is 5.78 Å². The van der Waals surface area contributed by atoms with Crippen molar-refractivity contribution in [2.45, 2.75) is 13.5 Å². The van der Waals surface area contributed by atoms with Crippen molar-refractivity contribution in [2.24, 2.45) is 0 Å². The zero-order valence-corrected chi connectivity index (χ0v) is 16.9. The number of benzene rings is 3. The molecule has 1 heterocycles. The van der Waals surface area contributed by atoms with Crippen LogP contribution in [0.2, 0.25) is 0 Å². The molecule has 0 bridgehead atoms. The lowest BCUT2D eigenvalue weighted by atomic mass is 9.97. The van der Waals surface area contributed by atoms with Crippen molar-refractivity contribution in [1.82, 2.24) is 4.57 Å². The van der Waals surface area contributed by atoms with Crippen molar-refractivity contribution in [3.63, 3.8) is 0 Å². The van der Waals surface area contributed by atoms with Gasteiger partial charge in [0.25, 0.3) is 0 Å². The van der Waals surface area contributed by atoms with E-state index in [1.165, 1.54) is 5.52 Å². The third-order valence-corrected chi connectivity index (χ3v) is 5.85. The van der Waals surface area contributed by atoms with Crippen molar-refractivity contribution in [3.8, 4) is 12.1 Å². The maximum atomic E-state index is 13.1. The standard InChI is InChI=1S/C27H17N3O/c1-2-30-24-10-6-5-7-19(24)22-13-17(11-12-25(22)30)14-23-26(18(15-28)16-29)20-8-3-4-9-21(20)27(23)31/h3-14H,2H2,1H3. The predicted molar refractivity (Wildman–Crippen MR) is 122 cm³/mol. The summed E-state index contributed by atoms with van der Waals surface area (Å²) in [6.45, 7) is 2.98. The minimum absolute atomic E-state index is 0.0480. The fraction of sp³-hybridized carbons (Fsp3) is 0.0741. The molecule has 0 amide bonds. The fourth-order valence-corrected chi connectivity index (χ4v) is 4.52. The Kier molecular flexibility index (Phi) is 4.28. The van der Waals surface area contributed by atoms with Crippen LogP contribution in [0.4, 0.5) is 0 Å². The van der Waals surface area contributed by atoms with Gasteiger partial charge in [-0.2, -0.15) is 10.5 Å². The topological polar surface area (TPSA) is 69.6 Å². The van der Waals surface area contributed by atoms with Gasteiger partial charge in [-0.1, -0.05) is 48.5 Å². The van der Waals surface area contributed by atoms with E-state index in [1.807, 2.05) is 36.4 Å². The van der Waals surface area contributed by atoms with Gasteiger partial charge < -0.3 is 4.57 Å². The highest BCUT2D eigenvalue weighted by molar-refractivity contribution is 6.30. The molecule has 4 heteroatoms. The highest BCUT2D eigenvalue weighted by Crippen LogP contribution is 2.40. The van der Waals surface area contributed by atoms with Gasteiger partial charge in [0.2, 0.25) is 0 Å². The number of nitriles is 2. The van der Waals surface area contributed by atoms with Crippen LogP contribution in [0, 0.1) is 22.7 Å². The SMILES string of the molecule is CCn1c2ccccc2c2cc(C=C3C(=O)c4ccccc4C3=C(C#N)C#N)ccc21. The molecule has 1 aromatic heterocycles. The Morgan fingerprint density at radius 2 is 1.58 bits per heavy atom. The molecular formula is C27H17N3O. The fourth-order valence-electron chi connectivity index (χ4n) is 4.52. The molecule has 5 rings (SSSR count). The van der Waals surface area contributed by atoms with E-state index in [0.29, 0.717) is 22.3 Å². The number of carbonyl (C=O) groups is 1. The first-order valence-corrected chi connectivity index (χ1v) is 10.1. The van der Waals surface area contributed by atoms with Crippen LogP contribution in [0.25, 0.3) is 33.5 Å². The summed E-state index contributed by atoms with van der Waals surface area (Å²) in [4.78, 5) is 13.1. The molecule has 146 valence electrons. The number of fused-ring (bicyclic) bond motifs is 4. The highest BCUT2D eigenvalue weighted by Gasteiger charge is 2.32. The monoisotopic (exact) mass is 399 g/mol. The van der Waals surface area contributed by atoms with Crippen molar-refractivity contribution in [2.75, 3.05) is 0 Å². The average molecular weight is 399 g/mol. The van der Waals surface area contributed by atoms with Crippen molar-refractivity contribution in [1.29, 1.82) is 10.5 Å². The smallest absolute Gasteiger partial charge is 0.194 e. The van der Waals surface area contributed by atoms with E-state index in [4.69, 9.17) is 0 Å².